The predicted molar refractivity (Wildman–Crippen MR) is 135 cm³/mol. The Morgan fingerprint density at radius 3 is 2.59 bits per heavy atom. The van der Waals surface area contributed by atoms with Gasteiger partial charge in [-0.1, -0.05) is 32.4 Å². The van der Waals surface area contributed by atoms with Crippen molar-refractivity contribution in [2.45, 2.75) is 59.1 Å². The smallest absolute Gasteiger partial charge is 0.411 e. The lowest BCUT2D eigenvalue weighted by atomic mass is 9.79. The number of nitrogens with one attached hydrogen (secondary N) is 1. The van der Waals surface area contributed by atoms with Gasteiger partial charge in [-0.15, -0.1) is 0 Å². The van der Waals surface area contributed by atoms with Crippen molar-refractivity contribution in [2.24, 2.45) is 11.8 Å². The molecule has 1 N–H and O–H groups in total. The summed E-state index contributed by atoms with van der Waals surface area (Å²) in [7, 11) is 1.64. The monoisotopic (exact) mass is 459 g/mol. The standard InChI is InChI=1S/C28H33N3O3/c1-5-19-8-7-18(3)15-26(19)34-28(32)30-21-11-9-20(10-12-21)27-24(17-29)23-14-13-22(33-4)16-25(23)31(27)6-2/h9-14,16,18-19,26H,5-8,15H2,1-4H3,(H,30,32)/t18-,19?,26?/m1/s1. The highest BCUT2D eigenvalue weighted by molar-refractivity contribution is 5.95. The maximum absolute atomic E-state index is 12.6. The second kappa shape index (κ2) is 10.2. The maximum Gasteiger partial charge on any atom is 0.411 e. The SMILES string of the molecule is CCC1CC[C@@H](C)CC1OC(=O)Nc1ccc(-c2c(C#N)c3ccc(OC)cc3n2CC)cc1. The Labute approximate surface area is 201 Å². The number of nitrogens with zero attached hydrogens (tertiary/aromatic N) is 2. The maximum atomic E-state index is 12.6. The van der Waals surface area contributed by atoms with Crippen molar-refractivity contribution in [3.05, 3.63) is 48.0 Å². The van der Waals surface area contributed by atoms with Gasteiger partial charge in [-0.05, 0) is 67.9 Å². The van der Waals surface area contributed by atoms with Crippen LogP contribution in [0.3, 0.4) is 0 Å². The largest absolute Gasteiger partial charge is 0.497 e. The van der Waals surface area contributed by atoms with Crippen molar-refractivity contribution in [2.75, 3.05) is 12.4 Å². The van der Waals surface area contributed by atoms with Gasteiger partial charge in [0.1, 0.15) is 17.9 Å². The molecule has 1 aromatic heterocycles. The van der Waals surface area contributed by atoms with Crippen LogP contribution >= 0.6 is 0 Å². The number of aryl methyl sites for hydroxylation is 1. The van der Waals surface area contributed by atoms with Crippen molar-refractivity contribution in [1.29, 1.82) is 5.26 Å². The van der Waals surface area contributed by atoms with Gasteiger partial charge in [0.05, 0.1) is 23.9 Å². The molecule has 3 aromatic rings. The summed E-state index contributed by atoms with van der Waals surface area (Å²) in [5.41, 5.74) is 4.05. The van der Waals surface area contributed by atoms with Crippen LogP contribution in [0.1, 0.15) is 52.0 Å². The average molecular weight is 460 g/mol. The molecule has 1 amide bonds. The van der Waals surface area contributed by atoms with Gasteiger partial charge in [0.25, 0.3) is 0 Å². The van der Waals surface area contributed by atoms with Gasteiger partial charge in [-0.25, -0.2) is 4.79 Å². The molecule has 0 bridgehead atoms. The molecular formula is C28H33N3O3. The molecule has 2 unspecified atom stereocenters. The van der Waals surface area contributed by atoms with Gasteiger partial charge < -0.3 is 14.0 Å². The van der Waals surface area contributed by atoms with Gasteiger partial charge in [0, 0.05) is 23.7 Å². The summed E-state index contributed by atoms with van der Waals surface area (Å²) in [6, 6.07) is 15.7. The van der Waals surface area contributed by atoms with Crippen LogP contribution in [0.15, 0.2) is 42.5 Å². The number of hydrogen-bond acceptors (Lipinski definition) is 4. The van der Waals surface area contributed by atoms with Crippen LogP contribution < -0.4 is 10.1 Å². The number of anilines is 1. The number of amides is 1. The van der Waals surface area contributed by atoms with Crippen molar-refractivity contribution < 1.29 is 14.3 Å². The average Bonchev–Trinajstić information content (AvgIpc) is 3.17. The zero-order valence-corrected chi connectivity index (χ0v) is 20.4. The summed E-state index contributed by atoms with van der Waals surface area (Å²) in [4.78, 5) is 12.6. The Balaban J connectivity index is 1.56. The Kier molecular flexibility index (Phi) is 7.12. The van der Waals surface area contributed by atoms with E-state index < -0.39 is 6.09 Å². The quantitative estimate of drug-likeness (QED) is 0.432. The first-order valence-electron chi connectivity index (χ1n) is 12.2. The lowest BCUT2D eigenvalue weighted by Gasteiger charge is -2.33. The number of ether oxygens (including phenoxy) is 2. The number of benzene rings is 2. The first-order valence-corrected chi connectivity index (χ1v) is 12.2. The van der Waals surface area contributed by atoms with E-state index in [0.717, 1.165) is 47.2 Å². The Bertz CT molecular complexity index is 1210. The fraction of sp³-hybridized carbons (Fsp3) is 0.429. The molecule has 1 heterocycles. The van der Waals surface area contributed by atoms with E-state index in [2.05, 4.69) is 36.7 Å². The molecule has 0 aliphatic heterocycles. The number of rotatable bonds is 6. The fourth-order valence-corrected chi connectivity index (χ4v) is 5.20. The number of fused-ring (bicyclic) bond motifs is 1. The molecule has 6 nitrogen and oxygen atoms in total. The summed E-state index contributed by atoms with van der Waals surface area (Å²) in [6.45, 7) is 7.16. The van der Waals surface area contributed by atoms with E-state index in [4.69, 9.17) is 9.47 Å². The van der Waals surface area contributed by atoms with E-state index in [1.165, 1.54) is 6.42 Å². The highest BCUT2D eigenvalue weighted by Gasteiger charge is 2.30. The highest BCUT2D eigenvalue weighted by Crippen LogP contribution is 2.36. The summed E-state index contributed by atoms with van der Waals surface area (Å²) < 4.78 is 13.3. The second-order valence-electron chi connectivity index (χ2n) is 9.20. The molecule has 0 saturated heterocycles. The molecule has 1 aliphatic carbocycles. The molecule has 1 fully saturated rings. The van der Waals surface area contributed by atoms with E-state index in [0.29, 0.717) is 29.6 Å². The van der Waals surface area contributed by atoms with Crippen molar-refractivity contribution >= 4 is 22.7 Å². The second-order valence-corrected chi connectivity index (χ2v) is 9.20. The lowest BCUT2D eigenvalue weighted by molar-refractivity contribution is 0.0289. The third-order valence-corrected chi connectivity index (χ3v) is 7.08. The number of methoxy groups -OCH3 is 1. The zero-order valence-electron chi connectivity index (χ0n) is 20.4. The fourth-order valence-electron chi connectivity index (χ4n) is 5.20. The molecule has 178 valence electrons. The number of carbonyl (C=O) groups excluding carboxylic acids is 1. The molecule has 2 aromatic carbocycles. The third-order valence-electron chi connectivity index (χ3n) is 7.08. The van der Waals surface area contributed by atoms with E-state index in [9.17, 15) is 10.1 Å². The van der Waals surface area contributed by atoms with Crippen LogP contribution in [0.2, 0.25) is 0 Å². The van der Waals surface area contributed by atoms with Crippen LogP contribution in [-0.2, 0) is 11.3 Å². The Hall–Kier alpha value is -3.46. The Morgan fingerprint density at radius 1 is 1.18 bits per heavy atom. The van der Waals surface area contributed by atoms with Gasteiger partial charge in [0.15, 0.2) is 0 Å². The molecular weight excluding hydrogens is 426 g/mol. The molecule has 4 rings (SSSR count). The number of nitriles is 1. The van der Waals surface area contributed by atoms with Crippen LogP contribution in [0.4, 0.5) is 10.5 Å². The van der Waals surface area contributed by atoms with Gasteiger partial charge in [-0.2, -0.15) is 5.26 Å². The number of aromatic nitrogens is 1. The summed E-state index contributed by atoms with van der Waals surface area (Å²) >= 11 is 0. The summed E-state index contributed by atoms with van der Waals surface area (Å²) in [5.74, 6) is 1.77. The normalized spacial score (nSPS) is 20.0. The first kappa shape index (κ1) is 23.7. The minimum atomic E-state index is -0.405. The minimum absolute atomic E-state index is 0.0246. The van der Waals surface area contributed by atoms with Crippen LogP contribution in [0.25, 0.3) is 22.2 Å². The predicted octanol–water partition coefficient (Wildman–Crippen LogP) is 6.97. The molecule has 34 heavy (non-hydrogen) atoms. The van der Waals surface area contributed by atoms with Crippen molar-refractivity contribution in [3.8, 4) is 23.1 Å². The number of carbonyl (C=O) groups is 1. The van der Waals surface area contributed by atoms with Gasteiger partial charge in [-0.3, -0.25) is 5.32 Å². The molecule has 6 heteroatoms. The summed E-state index contributed by atoms with van der Waals surface area (Å²) in [5, 5.41) is 13.7. The molecule has 0 radical (unpaired) electrons. The third kappa shape index (κ3) is 4.61. The van der Waals surface area contributed by atoms with Gasteiger partial charge >= 0.3 is 6.09 Å². The summed E-state index contributed by atoms with van der Waals surface area (Å²) in [6.07, 6.45) is 3.84. The zero-order chi connectivity index (χ0) is 24.2. The molecule has 1 aliphatic rings. The minimum Gasteiger partial charge on any atom is -0.497 e. The van der Waals surface area contributed by atoms with E-state index in [-0.39, 0.29) is 6.10 Å². The topological polar surface area (TPSA) is 76.3 Å². The van der Waals surface area contributed by atoms with Crippen molar-refractivity contribution in [3.63, 3.8) is 0 Å². The lowest BCUT2D eigenvalue weighted by Crippen LogP contribution is -2.34. The molecule has 0 spiro atoms. The molecule has 1 saturated carbocycles. The van der Waals surface area contributed by atoms with E-state index >= 15 is 0 Å². The van der Waals surface area contributed by atoms with E-state index in [1.54, 1.807) is 7.11 Å². The first-order chi connectivity index (χ1) is 16.5. The van der Waals surface area contributed by atoms with Crippen LogP contribution in [-0.4, -0.2) is 23.9 Å². The molecule has 3 atom stereocenters. The van der Waals surface area contributed by atoms with Gasteiger partial charge in [0.2, 0.25) is 0 Å². The van der Waals surface area contributed by atoms with Crippen LogP contribution in [0.5, 0.6) is 5.75 Å². The highest BCUT2D eigenvalue weighted by atomic mass is 16.6. The van der Waals surface area contributed by atoms with Crippen LogP contribution in [0, 0.1) is 23.2 Å². The van der Waals surface area contributed by atoms with E-state index in [1.807, 2.05) is 42.5 Å². The number of hydrogen-bond donors (Lipinski definition) is 1. The Morgan fingerprint density at radius 2 is 1.94 bits per heavy atom. The van der Waals surface area contributed by atoms with Crippen molar-refractivity contribution in [1.82, 2.24) is 4.57 Å².